The Bertz CT molecular complexity index is 1650. The van der Waals surface area contributed by atoms with E-state index in [-0.39, 0.29) is 27.7 Å². The molecule has 3 rings (SSSR count). The molecule has 0 aliphatic rings. The van der Waals surface area contributed by atoms with Crippen LogP contribution in [0.5, 0.6) is 11.5 Å². The van der Waals surface area contributed by atoms with E-state index in [1.165, 1.54) is 24.3 Å². The Balaban J connectivity index is 2.00. The number of nitro groups is 1. The summed E-state index contributed by atoms with van der Waals surface area (Å²) in [5, 5.41) is 38.9. The molecule has 0 amide bonds. The van der Waals surface area contributed by atoms with Crippen LogP contribution in [-0.4, -0.2) is 47.3 Å². The zero-order chi connectivity index (χ0) is 26.8. The van der Waals surface area contributed by atoms with Gasteiger partial charge >= 0.3 is 0 Å². The maximum atomic E-state index is 11.4. The summed E-state index contributed by atoms with van der Waals surface area (Å²) in [5.41, 5.74) is -1.46. The zero-order valence-electron chi connectivity index (χ0n) is 17.4. The summed E-state index contributed by atoms with van der Waals surface area (Å²) in [6.45, 7) is 0. The SMILES string of the molecule is O=[N+]([O-])c1cc(N=Cc2cc(N=Nc3cc(S(=O)(=O)O)ccc3Cl)ccc2O)c(O)c(S(=O)(=O)O)c1. The van der Waals surface area contributed by atoms with Crippen LogP contribution in [0.3, 0.4) is 0 Å². The number of hydrogen-bond acceptors (Lipinski definition) is 11. The van der Waals surface area contributed by atoms with Crippen molar-refractivity contribution in [3.8, 4) is 11.5 Å². The maximum Gasteiger partial charge on any atom is 0.298 e. The van der Waals surface area contributed by atoms with Crippen LogP contribution in [0.25, 0.3) is 0 Å². The van der Waals surface area contributed by atoms with Gasteiger partial charge in [-0.25, -0.2) is 0 Å². The normalized spacial score (nSPS) is 12.4. The highest BCUT2D eigenvalue weighted by atomic mass is 35.5. The summed E-state index contributed by atoms with van der Waals surface area (Å²) >= 11 is 5.96. The smallest absolute Gasteiger partial charge is 0.298 e. The van der Waals surface area contributed by atoms with Crippen molar-refractivity contribution in [2.45, 2.75) is 9.79 Å². The molecule has 0 aliphatic carbocycles. The lowest BCUT2D eigenvalue weighted by Gasteiger charge is -2.05. The lowest BCUT2D eigenvalue weighted by atomic mass is 10.2. The van der Waals surface area contributed by atoms with Crippen LogP contribution < -0.4 is 0 Å². The summed E-state index contributed by atoms with van der Waals surface area (Å²) in [7, 11) is -9.55. The number of azo groups is 1. The van der Waals surface area contributed by atoms with Crippen LogP contribution >= 0.6 is 11.6 Å². The first-order valence-corrected chi connectivity index (χ1v) is 12.5. The third kappa shape index (κ3) is 6.18. The quantitative estimate of drug-likeness (QED) is 0.106. The molecule has 0 heterocycles. The van der Waals surface area contributed by atoms with Crippen LogP contribution in [0.4, 0.5) is 22.7 Å². The summed E-state index contributed by atoms with van der Waals surface area (Å²) in [6.07, 6.45) is 0.923. The maximum absolute atomic E-state index is 11.4. The van der Waals surface area contributed by atoms with E-state index in [9.17, 15) is 41.7 Å². The van der Waals surface area contributed by atoms with E-state index in [2.05, 4.69) is 15.2 Å². The number of benzene rings is 3. The Morgan fingerprint density at radius 1 is 0.889 bits per heavy atom. The Labute approximate surface area is 207 Å². The molecule has 4 N–H and O–H groups in total. The highest BCUT2D eigenvalue weighted by molar-refractivity contribution is 7.86. The number of nitrogens with zero attached hydrogens (tertiary/aromatic N) is 4. The fourth-order valence-electron chi connectivity index (χ4n) is 2.67. The van der Waals surface area contributed by atoms with Gasteiger partial charge in [-0.1, -0.05) is 11.6 Å². The number of halogens is 1. The lowest BCUT2D eigenvalue weighted by Crippen LogP contribution is -2.00. The molecular formula is C19H13ClN4O10S2. The molecule has 0 radical (unpaired) electrons. The molecule has 0 aliphatic heterocycles. The number of rotatable bonds is 7. The summed E-state index contributed by atoms with van der Waals surface area (Å²) in [6, 6.07) is 8.10. The van der Waals surface area contributed by atoms with Gasteiger partial charge in [0.1, 0.15) is 22.0 Å². The predicted octanol–water partition coefficient (Wildman–Crippen LogP) is 4.32. The second-order valence-electron chi connectivity index (χ2n) is 6.83. The molecule has 188 valence electrons. The van der Waals surface area contributed by atoms with Gasteiger partial charge in [-0.15, -0.1) is 5.11 Å². The van der Waals surface area contributed by atoms with Crippen molar-refractivity contribution < 1.29 is 41.1 Å². The van der Waals surface area contributed by atoms with Gasteiger partial charge in [0.05, 0.1) is 20.5 Å². The first-order chi connectivity index (χ1) is 16.7. The summed E-state index contributed by atoms with van der Waals surface area (Å²) in [5.74, 6) is -1.42. The minimum Gasteiger partial charge on any atom is -0.507 e. The van der Waals surface area contributed by atoms with Crippen molar-refractivity contribution in [1.29, 1.82) is 0 Å². The van der Waals surface area contributed by atoms with E-state index in [1.54, 1.807) is 0 Å². The zero-order valence-corrected chi connectivity index (χ0v) is 19.8. The fourth-order valence-corrected chi connectivity index (χ4v) is 3.94. The Morgan fingerprint density at radius 2 is 1.58 bits per heavy atom. The van der Waals surface area contributed by atoms with Gasteiger partial charge in [0.2, 0.25) is 0 Å². The number of nitro benzene ring substituents is 1. The highest BCUT2D eigenvalue weighted by Crippen LogP contribution is 2.38. The van der Waals surface area contributed by atoms with Crippen LogP contribution in [0.15, 0.2) is 73.5 Å². The van der Waals surface area contributed by atoms with Gasteiger partial charge in [-0.2, -0.15) is 21.9 Å². The summed E-state index contributed by atoms with van der Waals surface area (Å²) in [4.78, 5) is 12.3. The Morgan fingerprint density at radius 3 is 2.19 bits per heavy atom. The molecular weight excluding hydrogens is 544 g/mol. The van der Waals surface area contributed by atoms with Gasteiger partial charge in [-0.3, -0.25) is 24.2 Å². The van der Waals surface area contributed by atoms with Crippen LogP contribution in [0.2, 0.25) is 5.02 Å². The topological polar surface area (TPSA) is 229 Å². The van der Waals surface area contributed by atoms with E-state index in [0.717, 1.165) is 24.4 Å². The van der Waals surface area contributed by atoms with E-state index < -0.39 is 52.1 Å². The van der Waals surface area contributed by atoms with Gasteiger partial charge < -0.3 is 10.2 Å². The number of non-ortho nitro benzene ring substituents is 1. The second-order valence-corrected chi connectivity index (χ2v) is 10.1. The Kier molecular flexibility index (Phi) is 7.37. The van der Waals surface area contributed by atoms with E-state index in [4.69, 9.17) is 16.2 Å². The molecule has 36 heavy (non-hydrogen) atoms. The third-order valence-corrected chi connectivity index (χ3v) is 6.41. The van der Waals surface area contributed by atoms with Gasteiger partial charge in [0.15, 0.2) is 5.75 Å². The molecule has 0 aromatic heterocycles. The van der Waals surface area contributed by atoms with Crippen LogP contribution in [0.1, 0.15) is 5.56 Å². The van der Waals surface area contributed by atoms with Crippen LogP contribution in [-0.2, 0) is 20.2 Å². The minimum atomic E-state index is -5.03. The molecule has 14 nitrogen and oxygen atoms in total. The average Bonchev–Trinajstić information content (AvgIpc) is 2.77. The van der Waals surface area contributed by atoms with Crippen molar-refractivity contribution in [3.63, 3.8) is 0 Å². The molecule has 0 saturated heterocycles. The first kappa shape index (κ1) is 26.6. The highest BCUT2D eigenvalue weighted by Gasteiger charge is 2.24. The fraction of sp³-hybridized carbons (Fsp3) is 0. The standard InChI is InChI=1S/C19H13ClN4O10S2/c20-14-3-2-13(35(29,30)31)8-15(14)23-22-11-1-4-17(25)10(5-11)9-21-16-6-12(24(27)28)7-18(19(16)26)36(32,33)34/h1-9,25-26H,(H,29,30,31)(H,32,33,34). The first-order valence-electron chi connectivity index (χ1n) is 9.21. The number of hydrogen-bond donors (Lipinski definition) is 4. The number of aromatic hydroxyl groups is 2. The molecule has 3 aromatic rings. The van der Waals surface area contributed by atoms with Crippen molar-refractivity contribution in [1.82, 2.24) is 0 Å². The molecule has 3 aromatic carbocycles. The van der Waals surface area contributed by atoms with E-state index >= 15 is 0 Å². The average molecular weight is 557 g/mol. The van der Waals surface area contributed by atoms with Crippen molar-refractivity contribution >= 4 is 60.8 Å². The van der Waals surface area contributed by atoms with Gasteiger partial charge in [0.25, 0.3) is 25.9 Å². The molecule has 17 heteroatoms. The van der Waals surface area contributed by atoms with Gasteiger partial charge in [-0.05, 0) is 36.4 Å². The third-order valence-electron chi connectivity index (χ3n) is 4.37. The molecule has 0 bridgehead atoms. The van der Waals surface area contributed by atoms with Crippen LogP contribution in [0, 0.1) is 10.1 Å². The minimum absolute atomic E-state index is 0.0162. The van der Waals surface area contributed by atoms with Crippen molar-refractivity contribution in [2.24, 2.45) is 15.2 Å². The van der Waals surface area contributed by atoms with Crippen molar-refractivity contribution in [3.05, 3.63) is 69.2 Å². The molecule has 0 spiro atoms. The monoisotopic (exact) mass is 556 g/mol. The number of aliphatic imine (C=N–C) groups is 1. The Hall–Kier alpha value is -3.96. The number of phenolic OH excluding ortho intramolecular Hbond substituents is 2. The molecule has 0 atom stereocenters. The number of phenols is 2. The summed E-state index contributed by atoms with van der Waals surface area (Å²) < 4.78 is 63.8. The van der Waals surface area contributed by atoms with E-state index in [1.807, 2.05) is 0 Å². The molecule has 0 fully saturated rings. The van der Waals surface area contributed by atoms with Crippen molar-refractivity contribution in [2.75, 3.05) is 0 Å². The second kappa shape index (κ2) is 9.96. The molecule has 0 saturated carbocycles. The van der Waals surface area contributed by atoms with E-state index in [0.29, 0.717) is 6.07 Å². The predicted molar refractivity (Wildman–Crippen MR) is 125 cm³/mol. The molecule has 0 unspecified atom stereocenters. The lowest BCUT2D eigenvalue weighted by molar-refractivity contribution is -0.385. The van der Waals surface area contributed by atoms with Gasteiger partial charge in [0, 0.05) is 23.9 Å². The largest absolute Gasteiger partial charge is 0.507 e.